The van der Waals surface area contributed by atoms with Gasteiger partial charge >= 0.3 is 0 Å². The van der Waals surface area contributed by atoms with E-state index in [0.717, 1.165) is 11.0 Å². The maximum atomic E-state index is 5.92. The van der Waals surface area contributed by atoms with Gasteiger partial charge in [-0.2, -0.15) is 0 Å². The van der Waals surface area contributed by atoms with Crippen LogP contribution >= 0.6 is 15.9 Å². The molecule has 1 N–H and O–H groups in total. The normalized spacial score (nSPS) is 13.1. The summed E-state index contributed by atoms with van der Waals surface area (Å²) in [7, 11) is 1.96. The number of benzene rings is 1. The number of rotatable bonds is 6. The first-order valence-corrected chi connectivity index (χ1v) is 6.44. The Labute approximate surface area is 107 Å². The standard InChI is InChI=1S/C13H20BrNO/c1-10(2)13(8-15-3)16-9-11-6-4-5-7-12(11)14/h4-7,10,13,15H,8-9H2,1-3H3. The Kier molecular flexibility index (Phi) is 6.03. The van der Waals surface area contributed by atoms with Crippen molar-refractivity contribution in [3.63, 3.8) is 0 Å². The molecule has 0 aliphatic heterocycles. The second-order valence-electron chi connectivity index (χ2n) is 4.24. The summed E-state index contributed by atoms with van der Waals surface area (Å²) >= 11 is 3.53. The maximum absolute atomic E-state index is 5.92. The van der Waals surface area contributed by atoms with E-state index >= 15 is 0 Å². The second kappa shape index (κ2) is 7.05. The van der Waals surface area contributed by atoms with E-state index in [0.29, 0.717) is 12.5 Å². The van der Waals surface area contributed by atoms with E-state index in [2.05, 4.69) is 41.2 Å². The minimum absolute atomic E-state index is 0.261. The Balaban J connectivity index is 2.52. The number of nitrogens with one attached hydrogen (secondary N) is 1. The van der Waals surface area contributed by atoms with Crippen molar-refractivity contribution in [2.75, 3.05) is 13.6 Å². The Bertz CT molecular complexity index is 315. The lowest BCUT2D eigenvalue weighted by atomic mass is 10.1. The third kappa shape index (κ3) is 4.24. The largest absolute Gasteiger partial charge is 0.372 e. The second-order valence-corrected chi connectivity index (χ2v) is 5.10. The first-order chi connectivity index (χ1) is 7.65. The van der Waals surface area contributed by atoms with Crippen molar-refractivity contribution in [1.29, 1.82) is 0 Å². The van der Waals surface area contributed by atoms with Crippen LogP contribution in [0.25, 0.3) is 0 Å². The summed E-state index contributed by atoms with van der Waals surface area (Å²) in [6.45, 7) is 5.91. The van der Waals surface area contributed by atoms with E-state index in [1.165, 1.54) is 5.56 Å². The average Bonchev–Trinajstić information content (AvgIpc) is 2.26. The summed E-state index contributed by atoms with van der Waals surface area (Å²) in [6, 6.07) is 8.18. The van der Waals surface area contributed by atoms with Gasteiger partial charge in [0.25, 0.3) is 0 Å². The van der Waals surface area contributed by atoms with Crippen LogP contribution < -0.4 is 5.32 Å². The monoisotopic (exact) mass is 285 g/mol. The summed E-state index contributed by atoms with van der Waals surface area (Å²) in [6.07, 6.45) is 0.261. The minimum atomic E-state index is 0.261. The molecule has 0 saturated carbocycles. The number of likely N-dealkylation sites (N-methyl/N-ethyl adjacent to an activating group) is 1. The van der Waals surface area contributed by atoms with Crippen LogP contribution in [-0.4, -0.2) is 19.7 Å². The topological polar surface area (TPSA) is 21.3 Å². The molecule has 0 saturated heterocycles. The fraction of sp³-hybridized carbons (Fsp3) is 0.538. The first kappa shape index (κ1) is 13.7. The van der Waals surface area contributed by atoms with Crippen molar-refractivity contribution in [1.82, 2.24) is 5.32 Å². The minimum Gasteiger partial charge on any atom is -0.372 e. The Morgan fingerprint density at radius 3 is 2.56 bits per heavy atom. The highest BCUT2D eigenvalue weighted by Gasteiger charge is 2.13. The molecule has 1 aromatic carbocycles. The number of halogens is 1. The Morgan fingerprint density at radius 1 is 1.31 bits per heavy atom. The van der Waals surface area contributed by atoms with Crippen molar-refractivity contribution in [2.24, 2.45) is 5.92 Å². The molecule has 0 bridgehead atoms. The summed E-state index contributed by atoms with van der Waals surface area (Å²) < 4.78 is 7.03. The van der Waals surface area contributed by atoms with E-state index in [1.807, 2.05) is 25.2 Å². The van der Waals surface area contributed by atoms with Gasteiger partial charge in [-0.25, -0.2) is 0 Å². The van der Waals surface area contributed by atoms with Crippen LogP contribution in [0, 0.1) is 5.92 Å². The van der Waals surface area contributed by atoms with E-state index in [4.69, 9.17) is 4.74 Å². The van der Waals surface area contributed by atoms with Gasteiger partial charge in [0, 0.05) is 11.0 Å². The first-order valence-electron chi connectivity index (χ1n) is 5.64. The average molecular weight is 286 g/mol. The molecule has 0 aliphatic rings. The van der Waals surface area contributed by atoms with Gasteiger partial charge in [-0.05, 0) is 24.6 Å². The van der Waals surface area contributed by atoms with Crippen molar-refractivity contribution < 1.29 is 4.74 Å². The van der Waals surface area contributed by atoms with Gasteiger partial charge in [-0.15, -0.1) is 0 Å². The number of hydrogen-bond donors (Lipinski definition) is 1. The fourth-order valence-corrected chi connectivity index (χ4v) is 1.90. The molecular formula is C13H20BrNO. The fourth-order valence-electron chi connectivity index (χ4n) is 1.50. The molecule has 1 atom stereocenters. The molecule has 0 spiro atoms. The number of ether oxygens (including phenoxy) is 1. The van der Waals surface area contributed by atoms with Crippen LogP contribution in [0.15, 0.2) is 28.7 Å². The molecule has 0 heterocycles. The quantitative estimate of drug-likeness (QED) is 0.867. The van der Waals surface area contributed by atoms with Gasteiger partial charge in [0.05, 0.1) is 12.7 Å². The zero-order chi connectivity index (χ0) is 12.0. The van der Waals surface area contributed by atoms with E-state index in [1.54, 1.807) is 0 Å². The third-order valence-electron chi connectivity index (χ3n) is 2.56. The van der Waals surface area contributed by atoms with Gasteiger partial charge in [0.15, 0.2) is 0 Å². The van der Waals surface area contributed by atoms with Gasteiger partial charge < -0.3 is 10.1 Å². The van der Waals surface area contributed by atoms with Gasteiger partial charge in [0.2, 0.25) is 0 Å². The summed E-state index contributed by atoms with van der Waals surface area (Å²) in [5, 5.41) is 3.16. The predicted molar refractivity (Wildman–Crippen MR) is 71.5 cm³/mol. The smallest absolute Gasteiger partial charge is 0.0732 e. The lowest BCUT2D eigenvalue weighted by Gasteiger charge is -2.21. The van der Waals surface area contributed by atoms with Crippen molar-refractivity contribution in [3.05, 3.63) is 34.3 Å². The van der Waals surface area contributed by atoms with Crippen molar-refractivity contribution >= 4 is 15.9 Å². The van der Waals surface area contributed by atoms with E-state index in [9.17, 15) is 0 Å². The summed E-state index contributed by atoms with van der Waals surface area (Å²) in [4.78, 5) is 0. The molecule has 0 fully saturated rings. The molecule has 3 heteroatoms. The molecular weight excluding hydrogens is 266 g/mol. The third-order valence-corrected chi connectivity index (χ3v) is 3.33. The molecule has 0 aromatic heterocycles. The molecule has 1 aromatic rings. The molecule has 2 nitrogen and oxygen atoms in total. The van der Waals surface area contributed by atoms with Gasteiger partial charge in [-0.1, -0.05) is 48.0 Å². The number of hydrogen-bond acceptors (Lipinski definition) is 2. The molecule has 1 rings (SSSR count). The molecule has 0 radical (unpaired) electrons. The van der Waals surface area contributed by atoms with Crippen LogP contribution in [0.2, 0.25) is 0 Å². The van der Waals surface area contributed by atoms with Gasteiger partial charge in [0.1, 0.15) is 0 Å². The summed E-state index contributed by atoms with van der Waals surface area (Å²) in [5.41, 5.74) is 1.20. The van der Waals surface area contributed by atoms with Crippen molar-refractivity contribution in [2.45, 2.75) is 26.6 Å². The van der Waals surface area contributed by atoms with Gasteiger partial charge in [-0.3, -0.25) is 0 Å². The van der Waals surface area contributed by atoms with Crippen LogP contribution in [0.5, 0.6) is 0 Å². The molecule has 16 heavy (non-hydrogen) atoms. The highest BCUT2D eigenvalue weighted by atomic mass is 79.9. The maximum Gasteiger partial charge on any atom is 0.0732 e. The highest BCUT2D eigenvalue weighted by molar-refractivity contribution is 9.10. The Morgan fingerprint density at radius 2 is 2.00 bits per heavy atom. The predicted octanol–water partition coefficient (Wildman–Crippen LogP) is 3.21. The van der Waals surface area contributed by atoms with E-state index in [-0.39, 0.29) is 6.10 Å². The zero-order valence-electron chi connectivity index (χ0n) is 10.2. The Hall–Kier alpha value is -0.380. The molecule has 0 amide bonds. The SMILES string of the molecule is CNCC(OCc1ccccc1Br)C(C)C. The van der Waals surface area contributed by atoms with Crippen LogP contribution in [0.4, 0.5) is 0 Å². The van der Waals surface area contributed by atoms with Crippen LogP contribution in [0.1, 0.15) is 19.4 Å². The van der Waals surface area contributed by atoms with Crippen LogP contribution in [-0.2, 0) is 11.3 Å². The molecule has 90 valence electrons. The molecule has 0 aliphatic carbocycles. The molecule has 1 unspecified atom stereocenters. The lowest BCUT2D eigenvalue weighted by molar-refractivity contribution is 0.0122. The lowest BCUT2D eigenvalue weighted by Crippen LogP contribution is -2.31. The van der Waals surface area contributed by atoms with E-state index < -0.39 is 0 Å². The van der Waals surface area contributed by atoms with Crippen LogP contribution in [0.3, 0.4) is 0 Å². The van der Waals surface area contributed by atoms with Crippen molar-refractivity contribution in [3.8, 4) is 0 Å². The zero-order valence-corrected chi connectivity index (χ0v) is 11.8. The summed E-state index contributed by atoms with van der Waals surface area (Å²) in [5.74, 6) is 0.523. The highest BCUT2D eigenvalue weighted by Crippen LogP contribution is 2.18.